The Hall–Kier alpha value is -2.69. The van der Waals surface area contributed by atoms with Crippen molar-refractivity contribution in [2.75, 3.05) is 0 Å². The fourth-order valence-corrected chi connectivity index (χ4v) is 4.08. The molecule has 0 bridgehead atoms. The number of carbonyl (C=O) groups excluding carboxylic acids is 2. The Morgan fingerprint density at radius 1 is 0.750 bits per heavy atom. The minimum atomic E-state index is -0.308. The van der Waals surface area contributed by atoms with Crippen molar-refractivity contribution >= 4 is 11.8 Å². The van der Waals surface area contributed by atoms with E-state index < -0.39 is 0 Å². The van der Waals surface area contributed by atoms with Crippen molar-refractivity contribution in [2.45, 2.75) is 65.7 Å². The molecule has 28 heavy (non-hydrogen) atoms. The number of rotatable bonds is 1. The highest BCUT2D eigenvalue weighted by atomic mass is 16.2. The molecule has 5 nitrogen and oxygen atoms in total. The van der Waals surface area contributed by atoms with Gasteiger partial charge >= 0.3 is 0 Å². The quantitative estimate of drug-likeness (QED) is 0.746. The van der Waals surface area contributed by atoms with Crippen molar-refractivity contribution in [2.24, 2.45) is 0 Å². The molecule has 0 saturated heterocycles. The first-order valence-electron chi connectivity index (χ1n) is 9.75. The van der Waals surface area contributed by atoms with Gasteiger partial charge in [-0.2, -0.15) is 0 Å². The molecule has 2 aromatic rings. The van der Waals surface area contributed by atoms with E-state index in [9.17, 15) is 9.59 Å². The summed E-state index contributed by atoms with van der Waals surface area (Å²) in [6.45, 7) is 13.2. The van der Waals surface area contributed by atoms with Crippen LogP contribution >= 0.6 is 0 Å². The molecule has 2 aliphatic heterocycles. The zero-order valence-electron chi connectivity index (χ0n) is 17.5. The van der Waals surface area contributed by atoms with E-state index in [4.69, 9.17) is 0 Å². The molecule has 1 aromatic heterocycles. The summed E-state index contributed by atoms with van der Waals surface area (Å²) in [7, 11) is 0. The number of aromatic nitrogens is 1. The van der Waals surface area contributed by atoms with Crippen LogP contribution in [0.3, 0.4) is 0 Å². The summed E-state index contributed by atoms with van der Waals surface area (Å²) in [5, 5.41) is 0. The molecule has 0 spiro atoms. The Morgan fingerprint density at radius 2 is 1.18 bits per heavy atom. The van der Waals surface area contributed by atoms with Gasteiger partial charge in [0.05, 0.1) is 0 Å². The normalized spacial score (nSPS) is 16.6. The highest BCUT2D eigenvalue weighted by Crippen LogP contribution is 2.42. The summed E-state index contributed by atoms with van der Waals surface area (Å²) in [6.07, 6.45) is 0. The van der Waals surface area contributed by atoms with Gasteiger partial charge in [-0.15, -0.1) is 0 Å². The van der Waals surface area contributed by atoms with Crippen LogP contribution in [0.2, 0.25) is 0 Å². The van der Waals surface area contributed by atoms with E-state index in [2.05, 4.69) is 4.98 Å². The fourth-order valence-electron chi connectivity index (χ4n) is 4.08. The molecule has 0 atom stereocenters. The predicted octanol–water partition coefficient (Wildman–Crippen LogP) is 4.26. The third-order valence-electron chi connectivity index (χ3n) is 5.61. The molecule has 1 aromatic carbocycles. The third kappa shape index (κ3) is 2.72. The van der Waals surface area contributed by atoms with Crippen molar-refractivity contribution in [1.82, 2.24) is 14.8 Å². The second-order valence-corrected chi connectivity index (χ2v) is 9.63. The number of pyridine rings is 1. The van der Waals surface area contributed by atoms with Crippen LogP contribution in [0.15, 0.2) is 30.3 Å². The van der Waals surface area contributed by atoms with Crippen LogP contribution in [0.1, 0.15) is 73.6 Å². The molecule has 0 unspecified atom stereocenters. The van der Waals surface area contributed by atoms with Crippen LogP contribution in [0.4, 0.5) is 0 Å². The molecular formula is C23H27N3O2. The summed E-state index contributed by atoms with van der Waals surface area (Å²) in [5.74, 6) is -0.186. The molecule has 0 fully saturated rings. The van der Waals surface area contributed by atoms with E-state index >= 15 is 0 Å². The highest BCUT2D eigenvalue weighted by Gasteiger charge is 2.44. The van der Waals surface area contributed by atoms with Crippen molar-refractivity contribution in [3.63, 3.8) is 0 Å². The number of benzene rings is 1. The maximum absolute atomic E-state index is 13.2. The maximum atomic E-state index is 13.2. The molecule has 5 heteroatoms. The van der Waals surface area contributed by atoms with E-state index in [0.717, 1.165) is 22.3 Å². The van der Waals surface area contributed by atoms with Gasteiger partial charge in [-0.05, 0) is 52.7 Å². The minimum Gasteiger partial charge on any atom is -0.328 e. The van der Waals surface area contributed by atoms with Crippen molar-refractivity contribution < 1.29 is 9.59 Å². The molecule has 0 aliphatic carbocycles. The SMILES string of the molecule is CC(C)(C)N1Cc2c(nc3c(c2-c2ccccc2)CN(C(C)(C)C)C3=O)C1=O. The van der Waals surface area contributed by atoms with Crippen molar-refractivity contribution in [1.29, 1.82) is 0 Å². The maximum Gasteiger partial charge on any atom is 0.273 e. The largest absolute Gasteiger partial charge is 0.328 e. The van der Waals surface area contributed by atoms with Gasteiger partial charge in [-0.3, -0.25) is 9.59 Å². The zero-order valence-corrected chi connectivity index (χ0v) is 17.5. The van der Waals surface area contributed by atoms with Crippen LogP contribution in [0.5, 0.6) is 0 Å². The lowest BCUT2D eigenvalue weighted by molar-refractivity contribution is 0.0603. The lowest BCUT2D eigenvalue weighted by Gasteiger charge is -2.32. The Labute approximate surface area is 166 Å². The van der Waals surface area contributed by atoms with Crippen LogP contribution < -0.4 is 0 Å². The number of hydrogen-bond acceptors (Lipinski definition) is 3. The molecule has 2 amide bonds. The number of nitrogens with zero attached hydrogens (tertiary/aromatic N) is 3. The number of hydrogen-bond donors (Lipinski definition) is 0. The second kappa shape index (κ2) is 5.90. The smallest absolute Gasteiger partial charge is 0.273 e. The predicted molar refractivity (Wildman–Crippen MR) is 109 cm³/mol. The summed E-state index contributed by atoms with van der Waals surface area (Å²) in [4.78, 5) is 34.6. The Balaban J connectivity index is 1.96. The van der Waals surface area contributed by atoms with Crippen LogP contribution in [-0.2, 0) is 13.1 Å². The van der Waals surface area contributed by atoms with E-state index in [0.29, 0.717) is 24.5 Å². The van der Waals surface area contributed by atoms with Gasteiger partial charge < -0.3 is 9.80 Å². The average molecular weight is 377 g/mol. The number of amides is 2. The highest BCUT2D eigenvalue weighted by molar-refractivity contribution is 6.05. The van der Waals surface area contributed by atoms with Gasteiger partial charge in [-0.1, -0.05) is 30.3 Å². The van der Waals surface area contributed by atoms with Crippen molar-refractivity contribution in [3.05, 3.63) is 52.8 Å². The lowest BCUT2D eigenvalue weighted by atomic mass is 9.94. The van der Waals surface area contributed by atoms with Crippen molar-refractivity contribution in [3.8, 4) is 11.1 Å². The fraction of sp³-hybridized carbons (Fsp3) is 0.435. The minimum absolute atomic E-state index is 0.0931. The van der Waals surface area contributed by atoms with Crippen LogP contribution in [0.25, 0.3) is 11.1 Å². The lowest BCUT2D eigenvalue weighted by Crippen LogP contribution is -2.42. The molecular weight excluding hydrogens is 350 g/mol. The standard InChI is InChI=1S/C23H27N3O2/c1-22(2,3)25-12-15-17(14-10-8-7-9-11-14)16-13-26(23(4,5)6)21(28)19(16)24-18(15)20(25)27/h7-11H,12-13H2,1-6H3. The first kappa shape index (κ1) is 18.7. The first-order valence-corrected chi connectivity index (χ1v) is 9.75. The summed E-state index contributed by atoms with van der Waals surface area (Å²) in [5.41, 5.74) is 4.15. The molecule has 4 rings (SSSR count). The molecule has 3 heterocycles. The topological polar surface area (TPSA) is 53.5 Å². The average Bonchev–Trinajstić information content (AvgIpc) is 3.12. The molecule has 0 radical (unpaired) electrons. The van der Waals surface area contributed by atoms with E-state index in [1.165, 1.54) is 0 Å². The summed E-state index contributed by atoms with van der Waals surface area (Å²) in [6, 6.07) is 10.1. The molecule has 0 saturated carbocycles. The van der Waals surface area contributed by atoms with Gasteiger partial charge in [0.25, 0.3) is 11.8 Å². The Morgan fingerprint density at radius 3 is 1.57 bits per heavy atom. The van der Waals surface area contributed by atoms with Crippen LogP contribution in [-0.4, -0.2) is 37.7 Å². The third-order valence-corrected chi connectivity index (χ3v) is 5.61. The summed E-state index contributed by atoms with van der Waals surface area (Å²) >= 11 is 0. The van der Waals surface area contributed by atoms with Crippen LogP contribution in [0, 0.1) is 0 Å². The van der Waals surface area contributed by atoms with Gasteiger partial charge in [0.2, 0.25) is 0 Å². The van der Waals surface area contributed by atoms with E-state index in [1.807, 2.05) is 81.7 Å². The Kier molecular flexibility index (Phi) is 3.93. The zero-order chi connectivity index (χ0) is 20.4. The molecule has 146 valence electrons. The Bertz CT molecular complexity index is 923. The monoisotopic (exact) mass is 377 g/mol. The van der Waals surface area contributed by atoms with Gasteiger partial charge in [-0.25, -0.2) is 4.98 Å². The second-order valence-electron chi connectivity index (χ2n) is 9.63. The first-order chi connectivity index (χ1) is 13.0. The molecule has 2 aliphatic rings. The van der Waals surface area contributed by atoms with Gasteiger partial charge in [0.15, 0.2) is 0 Å². The van der Waals surface area contributed by atoms with Gasteiger partial charge in [0, 0.05) is 35.3 Å². The van der Waals surface area contributed by atoms with E-state index in [-0.39, 0.29) is 22.9 Å². The number of fused-ring (bicyclic) bond motifs is 2. The van der Waals surface area contributed by atoms with E-state index in [1.54, 1.807) is 0 Å². The number of carbonyl (C=O) groups is 2. The van der Waals surface area contributed by atoms with Gasteiger partial charge in [0.1, 0.15) is 11.4 Å². The molecule has 0 N–H and O–H groups in total. The summed E-state index contributed by atoms with van der Waals surface area (Å²) < 4.78 is 0.